The van der Waals surface area contributed by atoms with E-state index < -0.39 is 6.17 Å². The first-order chi connectivity index (χ1) is 16.6. The molecule has 5 nitrogen and oxygen atoms in total. The summed E-state index contributed by atoms with van der Waals surface area (Å²) in [6, 6.07) is 13.9. The van der Waals surface area contributed by atoms with Gasteiger partial charge in [-0.15, -0.1) is 0 Å². The third-order valence-electron chi connectivity index (χ3n) is 8.98. The highest BCUT2D eigenvalue weighted by Crippen LogP contribution is 2.64. The zero-order chi connectivity index (χ0) is 22.9. The fourth-order valence-corrected chi connectivity index (χ4v) is 7.28. The van der Waals surface area contributed by atoms with E-state index in [-0.39, 0.29) is 6.04 Å². The number of aromatic amines is 1. The fourth-order valence-electron chi connectivity index (χ4n) is 7.28. The van der Waals surface area contributed by atoms with Crippen molar-refractivity contribution in [1.82, 2.24) is 19.8 Å². The largest absolute Gasteiger partial charge is 0.369 e. The number of aromatic nitrogens is 2. The summed E-state index contributed by atoms with van der Waals surface area (Å²) < 4.78 is 13.4. The number of likely N-dealkylation sites (tertiary alicyclic amines) is 1. The monoisotopic (exact) mass is 459 g/mol. The van der Waals surface area contributed by atoms with Gasteiger partial charge in [0.15, 0.2) is 0 Å². The molecule has 4 heterocycles. The Hall–Kier alpha value is -2.44. The van der Waals surface area contributed by atoms with Crippen molar-refractivity contribution >= 4 is 16.7 Å². The Morgan fingerprint density at radius 3 is 2.74 bits per heavy atom. The number of halogens is 1. The van der Waals surface area contributed by atoms with E-state index in [0.29, 0.717) is 24.5 Å². The highest BCUT2D eigenvalue weighted by atomic mass is 19.1. The van der Waals surface area contributed by atoms with E-state index in [0.717, 1.165) is 37.8 Å². The molecule has 6 heteroatoms. The first kappa shape index (κ1) is 20.9. The lowest BCUT2D eigenvalue weighted by molar-refractivity contribution is -0.174. The highest BCUT2D eigenvalue weighted by Gasteiger charge is 2.63. The molecular formula is C28H34FN5. The minimum Gasteiger partial charge on any atom is -0.369 e. The number of para-hydroxylation sites is 1. The van der Waals surface area contributed by atoms with Gasteiger partial charge in [-0.25, -0.2) is 9.37 Å². The van der Waals surface area contributed by atoms with Gasteiger partial charge in [0.25, 0.3) is 0 Å². The predicted molar refractivity (Wildman–Crippen MR) is 134 cm³/mol. The lowest BCUT2D eigenvalue weighted by Crippen LogP contribution is -2.71. The van der Waals surface area contributed by atoms with E-state index in [1.165, 1.54) is 47.0 Å². The molecule has 2 N–H and O–H groups in total. The van der Waals surface area contributed by atoms with Crippen molar-refractivity contribution in [1.29, 1.82) is 0 Å². The standard InChI is InChI=1S/C28H34FN5/c1-18-12-23-22-4-2-3-5-24(22)32-26(23)27(34(18)28-13-19(14-28)15-28)20-6-7-25(31-16-20)30-9-11-33-10-8-21(29)17-33/h2-7,16,18-19,21,27,32H,8-15,17H2,1H3,(H,30,31)/t18-,19?,21?,27-,28?/m1/s1. The summed E-state index contributed by atoms with van der Waals surface area (Å²) in [5, 5.41) is 4.81. The molecule has 1 aromatic carbocycles. The van der Waals surface area contributed by atoms with Crippen LogP contribution in [0, 0.1) is 5.92 Å². The number of anilines is 1. The Bertz CT molecular complexity index is 1190. The van der Waals surface area contributed by atoms with Gasteiger partial charge in [-0.05, 0) is 68.2 Å². The lowest BCUT2D eigenvalue weighted by atomic mass is 9.48. The summed E-state index contributed by atoms with van der Waals surface area (Å²) in [5.74, 6) is 1.85. The molecule has 5 aliphatic rings. The molecule has 2 bridgehead atoms. The third kappa shape index (κ3) is 3.22. The summed E-state index contributed by atoms with van der Waals surface area (Å²) in [4.78, 5) is 13.6. The number of alkyl halides is 1. The van der Waals surface area contributed by atoms with Gasteiger partial charge >= 0.3 is 0 Å². The summed E-state index contributed by atoms with van der Waals surface area (Å²) in [5.41, 5.74) is 5.74. The maximum atomic E-state index is 13.4. The number of rotatable bonds is 6. The number of nitrogens with zero attached hydrogens (tertiary/aromatic N) is 3. The van der Waals surface area contributed by atoms with Gasteiger partial charge < -0.3 is 10.3 Å². The number of benzene rings is 1. The first-order valence-electron chi connectivity index (χ1n) is 13.0. The van der Waals surface area contributed by atoms with Crippen LogP contribution in [0.2, 0.25) is 0 Å². The molecule has 3 saturated carbocycles. The fraction of sp³-hybridized carbons (Fsp3) is 0.536. The van der Waals surface area contributed by atoms with E-state index in [4.69, 9.17) is 4.98 Å². The molecule has 8 rings (SSSR count). The topological polar surface area (TPSA) is 47.2 Å². The van der Waals surface area contributed by atoms with Crippen molar-refractivity contribution in [3.8, 4) is 0 Å². The average molecular weight is 460 g/mol. The van der Waals surface area contributed by atoms with Crippen LogP contribution in [0.1, 0.15) is 55.5 Å². The zero-order valence-electron chi connectivity index (χ0n) is 19.9. The molecule has 2 aliphatic heterocycles. The third-order valence-corrected chi connectivity index (χ3v) is 8.98. The quantitative estimate of drug-likeness (QED) is 0.550. The van der Waals surface area contributed by atoms with E-state index in [9.17, 15) is 4.39 Å². The Morgan fingerprint density at radius 1 is 1.18 bits per heavy atom. The lowest BCUT2D eigenvalue weighted by Gasteiger charge is -2.70. The second-order valence-electron chi connectivity index (χ2n) is 11.2. The van der Waals surface area contributed by atoms with Crippen molar-refractivity contribution in [3.63, 3.8) is 0 Å². The number of nitrogens with one attached hydrogen (secondary N) is 2. The number of hydrogen-bond donors (Lipinski definition) is 2. The molecule has 1 unspecified atom stereocenters. The molecule has 3 aromatic rings. The van der Waals surface area contributed by atoms with Crippen LogP contribution in [-0.2, 0) is 6.42 Å². The molecule has 0 spiro atoms. The molecule has 34 heavy (non-hydrogen) atoms. The Kier molecular flexibility index (Phi) is 4.78. The Balaban J connectivity index is 1.17. The number of fused-ring (bicyclic) bond motifs is 3. The van der Waals surface area contributed by atoms with Gasteiger partial charge in [-0.3, -0.25) is 9.80 Å². The van der Waals surface area contributed by atoms with E-state index in [1.807, 2.05) is 0 Å². The van der Waals surface area contributed by atoms with E-state index in [2.05, 4.69) is 69.6 Å². The van der Waals surface area contributed by atoms with Crippen molar-refractivity contribution in [2.45, 2.75) is 62.8 Å². The van der Waals surface area contributed by atoms with Crippen LogP contribution in [0.15, 0.2) is 42.6 Å². The normalized spacial score (nSPS) is 32.9. The van der Waals surface area contributed by atoms with Gasteiger partial charge in [-0.2, -0.15) is 0 Å². The highest BCUT2D eigenvalue weighted by molar-refractivity contribution is 5.85. The van der Waals surface area contributed by atoms with Gasteiger partial charge in [0, 0.05) is 60.6 Å². The molecule has 2 aromatic heterocycles. The minimum atomic E-state index is -0.658. The minimum absolute atomic E-state index is 0.222. The zero-order valence-corrected chi connectivity index (χ0v) is 19.9. The van der Waals surface area contributed by atoms with Crippen LogP contribution in [0.3, 0.4) is 0 Å². The maximum absolute atomic E-state index is 13.4. The van der Waals surface area contributed by atoms with Crippen LogP contribution >= 0.6 is 0 Å². The van der Waals surface area contributed by atoms with Crippen LogP contribution in [0.25, 0.3) is 10.9 Å². The molecule has 4 fully saturated rings. The maximum Gasteiger partial charge on any atom is 0.125 e. The Labute approximate surface area is 200 Å². The predicted octanol–water partition coefficient (Wildman–Crippen LogP) is 4.91. The van der Waals surface area contributed by atoms with Gasteiger partial charge in [-0.1, -0.05) is 24.3 Å². The number of H-pyrrole nitrogens is 1. The van der Waals surface area contributed by atoms with Crippen molar-refractivity contribution < 1.29 is 4.39 Å². The van der Waals surface area contributed by atoms with Gasteiger partial charge in [0.1, 0.15) is 12.0 Å². The summed E-state index contributed by atoms with van der Waals surface area (Å²) >= 11 is 0. The Morgan fingerprint density at radius 2 is 2.03 bits per heavy atom. The van der Waals surface area contributed by atoms with Gasteiger partial charge in [0.05, 0.1) is 6.04 Å². The molecular weight excluding hydrogens is 425 g/mol. The molecule has 0 radical (unpaired) electrons. The molecule has 178 valence electrons. The summed E-state index contributed by atoms with van der Waals surface area (Å²) in [6.07, 6.45) is 7.25. The van der Waals surface area contributed by atoms with Crippen molar-refractivity contribution in [2.24, 2.45) is 5.92 Å². The molecule has 1 saturated heterocycles. The summed E-state index contributed by atoms with van der Waals surface area (Å²) in [6.45, 7) is 5.50. The number of pyridine rings is 1. The first-order valence-corrected chi connectivity index (χ1v) is 13.0. The van der Waals surface area contributed by atoms with Crippen LogP contribution in [-0.4, -0.2) is 63.7 Å². The van der Waals surface area contributed by atoms with Crippen molar-refractivity contribution in [3.05, 3.63) is 59.4 Å². The van der Waals surface area contributed by atoms with E-state index in [1.54, 1.807) is 0 Å². The molecule has 0 amide bonds. The average Bonchev–Trinajstić information content (AvgIpc) is 3.36. The van der Waals surface area contributed by atoms with Crippen molar-refractivity contribution in [2.75, 3.05) is 31.5 Å². The second-order valence-corrected chi connectivity index (χ2v) is 11.2. The summed E-state index contributed by atoms with van der Waals surface area (Å²) in [7, 11) is 0. The molecule has 3 aliphatic carbocycles. The molecule has 3 atom stereocenters. The van der Waals surface area contributed by atoms with Crippen LogP contribution < -0.4 is 5.32 Å². The second kappa shape index (κ2) is 7.79. The SMILES string of the molecule is C[C@@H]1Cc2c([nH]c3ccccc23)[C@@H](c2ccc(NCCN3CCC(F)C3)nc2)N1C12CC(C1)C2. The van der Waals surface area contributed by atoms with Crippen LogP contribution in [0.5, 0.6) is 0 Å². The number of hydrogen-bond acceptors (Lipinski definition) is 4. The van der Waals surface area contributed by atoms with Gasteiger partial charge in [0.2, 0.25) is 0 Å². The van der Waals surface area contributed by atoms with E-state index >= 15 is 0 Å². The smallest absolute Gasteiger partial charge is 0.125 e. The van der Waals surface area contributed by atoms with Crippen LogP contribution in [0.4, 0.5) is 10.2 Å².